The molecule has 0 bridgehead atoms. The molecule has 0 saturated carbocycles. The van der Waals surface area contributed by atoms with Crippen LogP contribution in [0.1, 0.15) is 25.0 Å². The molecular weight excluding hydrogens is 254 g/mol. The molecule has 3 amide bonds. The van der Waals surface area contributed by atoms with Gasteiger partial charge >= 0.3 is 6.03 Å². The van der Waals surface area contributed by atoms with Gasteiger partial charge < -0.3 is 16.0 Å². The topological polar surface area (TPSA) is 70.2 Å². The van der Waals surface area contributed by atoms with Gasteiger partial charge in [-0.15, -0.1) is 0 Å². The van der Waals surface area contributed by atoms with Crippen molar-refractivity contribution in [1.29, 1.82) is 0 Å². The number of hydrogen-bond acceptors (Lipinski definition) is 2. The molecule has 3 N–H and O–H groups in total. The second-order valence-electron chi connectivity index (χ2n) is 6.00. The molecular formula is C15H21N3O2. The number of hydrogen-bond donors (Lipinski definition) is 3. The number of amides is 3. The zero-order chi connectivity index (χ0) is 14.9. The van der Waals surface area contributed by atoms with Gasteiger partial charge in [0.1, 0.15) is 6.04 Å². The number of carbonyl (C=O) groups excluding carboxylic acids is 2. The van der Waals surface area contributed by atoms with E-state index in [1.54, 1.807) is 0 Å². The number of carbonyl (C=O) groups is 2. The van der Waals surface area contributed by atoms with Crippen molar-refractivity contribution < 1.29 is 9.59 Å². The summed E-state index contributed by atoms with van der Waals surface area (Å²) in [6, 6.07) is 4.97. The zero-order valence-electron chi connectivity index (χ0n) is 12.3. The third-order valence-electron chi connectivity index (χ3n) is 3.76. The van der Waals surface area contributed by atoms with E-state index in [-0.39, 0.29) is 17.4 Å². The number of anilines is 1. The van der Waals surface area contributed by atoms with Crippen LogP contribution in [0, 0.1) is 19.3 Å². The molecule has 5 heteroatoms. The van der Waals surface area contributed by atoms with Gasteiger partial charge in [-0.1, -0.05) is 32.0 Å². The van der Waals surface area contributed by atoms with Crippen molar-refractivity contribution in [3.8, 4) is 0 Å². The van der Waals surface area contributed by atoms with Crippen LogP contribution in [0.2, 0.25) is 0 Å². The quantitative estimate of drug-likeness (QED) is 0.772. The van der Waals surface area contributed by atoms with Crippen molar-refractivity contribution in [2.45, 2.75) is 33.7 Å². The van der Waals surface area contributed by atoms with Crippen LogP contribution in [0.4, 0.5) is 10.5 Å². The van der Waals surface area contributed by atoms with Crippen LogP contribution in [-0.4, -0.2) is 24.5 Å². The molecule has 1 atom stereocenters. The molecule has 1 fully saturated rings. The second-order valence-corrected chi connectivity index (χ2v) is 6.00. The number of para-hydroxylation sites is 1. The lowest BCUT2D eigenvalue weighted by Gasteiger charge is -2.25. The Labute approximate surface area is 119 Å². The van der Waals surface area contributed by atoms with Crippen LogP contribution < -0.4 is 16.0 Å². The number of rotatable bonds is 2. The Morgan fingerprint density at radius 2 is 1.90 bits per heavy atom. The maximum atomic E-state index is 12.1. The van der Waals surface area contributed by atoms with E-state index in [9.17, 15) is 9.59 Å². The summed E-state index contributed by atoms with van der Waals surface area (Å²) in [5.41, 5.74) is 2.50. The minimum Gasteiger partial charge on any atom is -0.354 e. The van der Waals surface area contributed by atoms with E-state index in [4.69, 9.17) is 0 Å². The van der Waals surface area contributed by atoms with Crippen molar-refractivity contribution in [1.82, 2.24) is 10.6 Å². The average molecular weight is 275 g/mol. The molecule has 1 saturated heterocycles. The van der Waals surface area contributed by atoms with Crippen LogP contribution >= 0.6 is 0 Å². The first-order valence-electron chi connectivity index (χ1n) is 6.73. The van der Waals surface area contributed by atoms with Gasteiger partial charge in [0.2, 0.25) is 5.91 Å². The second kappa shape index (κ2) is 5.15. The zero-order valence-corrected chi connectivity index (χ0v) is 12.3. The fourth-order valence-electron chi connectivity index (χ4n) is 2.43. The van der Waals surface area contributed by atoms with Crippen LogP contribution in [0.15, 0.2) is 18.2 Å². The molecule has 1 aliphatic heterocycles. The smallest absolute Gasteiger partial charge is 0.319 e. The van der Waals surface area contributed by atoms with E-state index in [1.807, 2.05) is 45.9 Å². The number of urea groups is 1. The van der Waals surface area contributed by atoms with E-state index in [1.165, 1.54) is 0 Å². The minimum atomic E-state index is -0.508. The minimum absolute atomic E-state index is 0.133. The Hall–Kier alpha value is -2.04. The first kappa shape index (κ1) is 14.4. The Balaban J connectivity index is 2.08. The fraction of sp³-hybridized carbons (Fsp3) is 0.467. The summed E-state index contributed by atoms with van der Waals surface area (Å²) in [5, 5.41) is 8.36. The van der Waals surface area contributed by atoms with Crippen molar-refractivity contribution in [2.24, 2.45) is 5.41 Å². The molecule has 20 heavy (non-hydrogen) atoms. The Kier molecular flexibility index (Phi) is 3.70. The fourth-order valence-corrected chi connectivity index (χ4v) is 2.43. The number of benzene rings is 1. The van der Waals surface area contributed by atoms with Gasteiger partial charge in [0.25, 0.3) is 0 Å². The maximum Gasteiger partial charge on any atom is 0.319 e. The molecule has 1 aliphatic rings. The highest BCUT2D eigenvalue weighted by atomic mass is 16.2. The van der Waals surface area contributed by atoms with E-state index in [0.29, 0.717) is 6.54 Å². The Morgan fingerprint density at radius 1 is 1.30 bits per heavy atom. The van der Waals surface area contributed by atoms with Gasteiger partial charge in [-0.05, 0) is 25.0 Å². The largest absolute Gasteiger partial charge is 0.354 e. The predicted molar refractivity (Wildman–Crippen MR) is 78.6 cm³/mol. The van der Waals surface area contributed by atoms with Crippen molar-refractivity contribution in [3.63, 3.8) is 0 Å². The lowest BCUT2D eigenvalue weighted by molar-refractivity contribution is -0.121. The monoisotopic (exact) mass is 275 g/mol. The van der Waals surface area contributed by atoms with Crippen LogP contribution in [0.3, 0.4) is 0 Å². The summed E-state index contributed by atoms with van der Waals surface area (Å²) in [6.45, 7) is 8.35. The molecule has 0 spiro atoms. The highest BCUT2D eigenvalue weighted by Gasteiger charge is 2.42. The number of aryl methyl sites for hydroxylation is 2. The first-order chi connectivity index (χ1) is 9.31. The lowest BCUT2D eigenvalue weighted by atomic mass is 9.87. The summed E-state index contributed by atoms with van der Waals surface area (Å²) in [7, 11) is 0. The summed E-state index contributed by atoms with van der Waals surface area (Å²) in [4.78, 5) is 23.9. The first-order valence-corrected chi connectivity index (χ1v) is 6.73. The van der Waals surface area contributed by atoms with Gasteiger partial charge in [0, 0.05) is 17.6 Å². The highest BCUT2D eigenvalue weighted by molar-refractivity contribution is 5.95. The van der Waals surface area contributed by atoms with E-state index in [0.717, 1.165) is 16.8 Å². The molecule has 5 nitrogen and oxygen atoms in total. The molecule has 2 rings (SSSR count). The lowest BCUT2D eigenvalue weighted by Crippen LogP contribution is -2.48. The van der Waals surface area contributed by atoms with Crippen molar-refractivity contribution in [2.75, 3.05) is 11.9 Å². The molecule has 1 aromatic carbocycles. The van der Waals surface area contributed by atoms with Crippen LogP contribution in [-0.2, 0) is 4.79 Å². The highest BCUT2D eigenvalue weighted by Crippen LogP contribution is 2.25. The van der Waals surface area contributed by atoms with Crippen LogP contribution in [0.5, 0.6) is 0 Å². The van der Waals surface area contributed by atoms with Gasteiger partial charge in [-0.3, -0.25) is 4.79 Å². The SMILES string of the molecule is Cc1cccc(C)c1NC(=O)NC1C(=O)NCC1(C)C. The van der Waals surface area contributed by atoms with E-state index >= 15 is 0 Å². The molecule has 1 aromatic rings. The standard InChI is InChI=1S/C15H21N3O2/c1-9-6-5-7-10(2)11(9)17-14(20)18-12-13(19)16-8-15(12,3)4/h5-7,12H,8H2,1-4H3,(H,16,19)(H2,17,18,20). The van der Waals surface area contributed by atoms with Crippen molar-refractivity contribution >= 4 is 17.6 Å². The molecule has 108 valence electrons. The summed E-state index contributed by atoms with van der Waals surface area (Å²) < 4.78 is 0. The molecule has 1 heterocycles. The summed E-state index contributed by atoms with van der Waals surface area (Å²) in [5.74, 6) is -0.133. The molecule has 0 radical (unpaired) electrons. The maximum absolute atomic E-state index is 12.1. The predicted octanol–water partition coefficient (Wildman–Crippen LogP) is 1.95. The Morgan fingerprint density at radius 3 is 2.40 bits per heavy atom. The normalized spacial score (nSPS) is 20.4. The summed E-state index contributed by atoms with van der Waals surface area (Å²) in [6.07, 6.45) is 0. The Bertz CT molecular complexity index is 532. The van der Waals surface area contributed by atoms with E-state index < -0.39 is 6.04 Å². The third-order valence-corrected chi connectivity index (χ3v) is 3.76. The van der Waals surface area contributed by atoms with Crippen molar-refractivity contribution in [3.05, 3.63) is 29.3 Å². The van der Waals surface area contributed by atoms with Gasteiger partial charge in [-0.25, -0.2) is 4.79 Å². The summed E-state index contributed by atoms with van der Waals surface area (Å²) >= 11 is 0. The molecule has 1 unspecified atom stereocenters. The van der Waals surface area contributed by atoms with Gasteiger partial charge in [0.05, 0.1) is 0 Å². The number of nitrogens with one attached hydrogen (secondary N) is 3. The molecule has 0 aromatic heterocycles. The van der Waals surface area contributed by atoms with E-state index in [2.05, 4.69) is 16.0 Å². The molecule has 0 aliphatic carbocycles. The van der Waals surface area contributed by atoms with Crippen LogP contribution in [0.25, 0.3) is 0 Å². The average Bonchev–Trinajstić information content (AvgIpc) is 2.61. The third kappa shape index (κ3) is 2.76. The van der Waals surface area contributed by atoms with Gasteiger partial charge in [0.15, 0.2) is 0 Å². The van der Waals surface area contributed by atoms with Gasteiger partial charge in [-0.2, -0.15) is 0 Å².